The molecular weight excluding hydrogens is 1810 g/mol. The minimum Gasteiger partial charge on any atom is -0.512 e. The summed E-state index contributed by atoms with van der Waals surface area (Å²) in [5, 5.41) is 19.3. The first kappa shape index (κ1) is 98.7. The Bertz CT molecular complexity index is 6230. The van der Waals surface area contributed by atoms with Crippen LogP contribution in [0.15, 0.2) is 309 Å². The summed E-state index contributed by atoms with van der Waals surface area (Å²) in [6.45, 7) is 56.9. The van der Waals surface area contributed by atoms with Crippen LogP contribution in [0.3, 0.4) is 0 Å². The molecule has 0 aliphatic carbocycles. The first-order valence-corrected chi connectivity index (χ1v) is 47.3. The van der Waals surface area contributed by atoms with Crippen molar-refractivity contribution in [1.29, 1.82) is 0 Å². The molecule has 0 fully saturated rings. The van der Waals surface area contributed by atoms with Crippen LogP contribution in [0.5, 0.6) is 0 Å². The predicted octanol–water partition coefficient (Wildman–Crippen LogP) is 34.3. The van der Waals surface area contributed by atoms with E-state index in [1.807, 2.05) is 6.07 Å². The summed E-state index contributed by atoms with van der Waals surface area (Å²) in [5.74, 6) is 3.91. The van der Waals surface area contributed by atoms with Gasteiger partial charge in [-0.2, -0.15) is 5.10 Å². The molecule has 1 N–H and O–H groups in total. The summed E-state index contributed by atoms with van der Waals surface area (Å²) in [6, 6.07) is 114. The molecule has 0 spiro atoms. The molecular formula is C125H133IrN6O2-. The number of hydrogen-bond donors (Lipinski definition) is 1. The van der Waals surface area contributed by atoms with Crippen LogP contribution in [-0.2, 0) is 46.6 Å². The van der Waals surface area contributed by atoms with E-state index in [4.69, 9.17) is 25.3 Å². The molecule has 0 saturated carbocycles. The molecule has 2 aromatic heterocycles. The van der Waals surface area contributed by atoms with Gasteiger partial charge in [-0.25, -0.2) is 9.67 Å². The fourth-order valence-corrected chi connectivity index (χ4v) is 17.8. The Hall–Kier alpha value is -12.8. The number of aromatic nitrogens is 6. The van der Waals surface area contributed by atoms with E-state index in [-0.39, 0.29) is 77.0 Å². The van der Waals surface area contributed by atoms with E-state index in [1.165, 1.54) is 153 Å². The minimum absolute atomic E-state index is 0. The number of allylic oxidation sites excluding steroid dienone is 2. The van der Waals surface area contributed by atoms with Crippen LogP contribution in [0.1, 0.15) is 243 Å². The van der Waals surface area contributed by atoms with Gasteiger partial charge in [0.25, 0.3) is 0 Å². The first-order chi connectivity index (χ1) is 63.0. The molecule has 1 radical (unpaired) electrons. The van der Waals surface area contributed by atoms with Crippen LogP contribution in [0.4, 0.5) is 0 Å². The van der Waals surface area contributed by atoms with Crippen molar-refractivity contribution in [2.45, 2.75) is 225 Å². The summed E-state index contributed by atoms with van der Waals surface area (Å²) < 4.78 is 4.28. The molecule has 0 amide bonds. The molecule has 0 bridgehead atoms. The second kappa shape index (κ2) is 41.0. The van der Waals surface area contributed by atoms with Gasteiger partial charge in [0, 0.05) is 42.9 Å². The monoisotopic (exact) mass is 1940 g/mol. The third-order valence-corrected chi connectivity index (χ3v) is 25.1. The summed E-state index contributed by atoms with van der Waals surface area (Å²) in [5.41, 5.74) is 40.4. The fraction of sp³-hybridized carbons (Fsp3) is 0.272. The van der Waals surface area contributed by atoms with E-state index in [0.717, 1.165) is 73.4 Å². The Morgan fingerprint density at radius 2 is 0.560 bits per heavy atom. The maximum Gasteiger partial charge on any atom is 0.182 e. The van der Waals surface area contributed by atoms with E-state index in [9.17, 15) is 4.79 Å². The topological polar surface area (TPSA) is 98.7 Å². The molecule has 0 unspecified atom stereocenters. The molecule has 0 saturated heterocycles. The number of ketones is 1. The number of benzene rings is 14. The summed E-state index contributed by atoms with van der Waals surface area (Å²) in [4.78, 5) is 20.9. The molecule has 2 heterocycles. The standard InChI is InChI=1S/C60H63N3.C60H62N3.C5H8O2.Ir/c2*1-38(2)54-36-50(42-17-14-13-15-18-42)37-55(39(3)4)56(54)63-58(61-57(62-63)51-30-40(5)29-41(6)31-51)46-20-16-19-45(32-46)49-34-47(43-21-25-52(26-22-43)59(7,8)9)33-48(35-49)44-23-27-53(28-24-44)60(10,11)12;1-4(6)3-5(2)7;/h13-39H,1-12H3;13-19,21-39H,1-12H3;3,6H,1-2H3;/q;-1;;. The maximum absolute atomic E-state index is 10.0. The summed E-state index contributed by atoms with van der Waals surface area (Å²) in [7, 11) is 0. The van der Waals surface area contributed by atoms with Crippen LogP contribution >= 0.6 is 0 Å². The molecule has 16 aromatic rings. The Morgan fingerprint density at radius 1 is 0.299 bits per heavy atom. The van der Waals surface area contributed by atoms with Crippen molar-refractivity contribution in [2.75, 3.05) is 0 Å². The van der Waals surface area contributed by atoms with E-state index >= 15 is 0 Å². The number of carbonyl (C=O) groups excluding carboxylic acids is 1. The zero-order valence-corrected chi connectivity index (χ0v) is 85.9. The predicted molar refractivity (Wildman–Crippen MR) is 564 cm³/mol. The van der Waals surface area contributed by atoms with Gasteiger partial charge in [0.1, 0.15) is 0 Å². The molecule has 0 atom stereocenters. The fourth-order valence-electron chi connectivity index (χ4n) is 17.8. The van der Waals surface area contributed by atoms with Crippen LogP contribution in [0, 0.1) is 33.8 Å². The quantitative estimate of drug-likeness (QED) is 0.0492. The molecule has 0 aliphatic rings. The first-order valence-electron chi connectivity index (χ1n) is 47.3. The van der Waals surface area contributed by atoms with Crippen molar-refractivity contribution < 1.29 is 30.0 Å². The number of aliphatic hydroxyl groups excluding tert-OH is 1. The smallest absolute Gasteiger partial charge is 0.182 e. The number of nitrogens with zero attached hydrogens (tertiary/aromatic N) is 6. The maximum atomic E-state index is 10.0. The summed E-state index contributed by atoms with van der Waals surface area (Å²) >= 11 is 0. The third kappa shape index (κ3) is 23.3. The van der Waals surface area contributed by atoms with Gasteiger partial charge < -0.3 is 5.11 Å². The Balaban J connectivity index is 0.000000211. The van der Waals surface area contributed by atoms with Crippen molar-refractivity contribution in [3.8, 4) is 146 Å². The Morgan fingerprint density at radius 3 is 0.851 bits per heavy atom. The van der Waals surface area contributed by atoms with E-state index in [2.05, 4.69) is 473 Å². The average molecular weight is 1940 g/mol. The van der Waals surface area contributed by atoms with Crippen LogP contribution in [0.2, 0.25) is 0 Å². The van der Waals surface area contributed by atoms with Crippen molar-refractivity contribution in [1.82, 2.24) is 29.5 Å². The van der Waals surface area contributed by atoms with Crippen molar-refractivity contribution in [3.63, 3.8) is 0 Å². The van der Waals surface area contributed by atoms with Crippen LogP contribution < -0.4 is 0 Å². The second-order valence-electron chi connectivity index (χ2n) is 41.8. The van der Waals surface area contributed by atoms with Crippen molar-refractivity contribution >= 4 is 5.78 Å². The molecule has 14 aromatic carbocycles. The van der Waals surface area contributed by atoms with Gasteiger partial charge in [0.2, 0.25) is 0 Å². The second-order valence-corrected chi connectivity index (χ2v) is 41.8. The molecule has 134 heavy (non-hydrogen) atoms. The van der Waals surface area contributed by atoms with Gasteiger partial charge in [0.15, 0.2) is 23.3 Å². The number of carbonyl (C=O) groups is 1. The van der Waals surface area contributed by atoms with Gasteiger partial charge in [-0.1, -0.05) is 349 Å². The van der Waals surface area contributed by atoms with Gasteiger partial charge in [0.05, 0.1) is 23.0 Å². The Kier molecular flexibility index (Phi) is 30.2. The molecule has 16 rings (SSSR count). The van der Waals surface area contributed by atoms with Gasteiger partial charge in [-0.3, -0.25) is 14.5 Å². The zero-order valence-electron chi connectivity index (χ0n) is 83.5. The van der Waals surface area contributed by atoms with Gasteiger partial charge >= 0.3 is 0 Å². The molecule has 8 nitrogen and oxygen atoms in total. The molecule has 0 aliphatic heterocycles. The van der Waals surface area contributed by atoms with Crippen LogP contribution in [0.25, 0.3) is 146 Å². The average Bonchev–Trinajstić information content (AvgIpc) is 1.64. The van der Waals surface area contributed by atoms with E-state index < -0.39 is 0 Å². The minimum atomic E-state index is -0.125. The number of aryl methyl sites for hydroxylation is 4. The van der Waals surface area contributed by atoms with Crippen molar-refractivity contribution in [2.24, 2.45) is 0 Å². The normalized spacial score (nSPS) is 12.0. The van der Waals surface area contributed by atoms with Gasteiger partial charge in [-0.05, 0) is 306 Å². The largest absolute Gasteiger partial charge is 0.512 e. The zero-order chi connectivity index (χ0) is 95.4. The third-order valence-electron chi connectivity index (χ3n) is 25.1. The molecule has 685 valence electrons. The Labute approximate surface area is 812 Å². The molecule has 9 heteroatoms. The van der Waals surface area contributed by atoms with Gasteiger partial charge in [-0.15, -0.1) is 40.5 Å². The van der Waals surface area contributed by atoms with Crippen LogP contribution in [-0.4, -0.2) is 40.4 Å². The van der Waals surface area contributed by atoms with E-state index in [0.29, 0.717) is 5.82 Å². The number of hydrogen-bond acceptors (Lipinski definition) is 6. The summed E-state index contributed by atoms with van der Waals surface area (Å²) in [6.07, 6.45) is 1.17. The number of rotatable bonds is 19. The number of aliphatic hydroxyl groups is 1. The van der Waals surface area contributed by atoms with Crippen molar-refractivity contribution in [3.05, 3.63) is 382 Å². The van der Waals surface area contributed by atoms with E-state index in [1.54, 1.807) is 0 Å². The SMILES string of the molecule is CC(=O)C=C(C)O.Cc1cc(C)cc(-c2nc(-c3[c-]ccc(-c4cc(-c5ccc(C(C)(C)C)cc5)cc(-c5ccc(C(C)(C)C)cc5)c4)c3)n(-c3c(C(C)C)cc(-c4ccccc4)cc3C(C)C)n2)c1.Cc1cc(C)cc(-c2nc(-c3cccc(-c4cc(-c5ccc(C(C)(C)C)cc5)cc(-c5ccc(C(C)(C)C)cc5)c4)c3)n(-c3c(C(C)C)cc(-c4ccccc4)cc3C(C)C)n2)c1.[Ir].